The van der Waals surface area contributed by atoms with Crippen molar-refractivity contribution < 1.29 is 19.1 Å². The summed E-state index contributed by atoms with van der Waals surface area (Å²) in [5.74, 6) is 2.65. The summed E-state index contributed by atoms with van der Waals surface area (Å²) < 4.78 is 13.6. The van der Waals surface area contributed by atoms with E-state index in [9.17, 15) is 9.59 Å². The van der Waals surface area contributed by atoms with E-state index in [2.05, 4.69) is 32.5 Å². The van der Waals surface area contributed by atoms with Crippen LogP contribution in [-0.2, 0) is 11.3 Å². The zero-order valence-corrected chi connectivity index (χ0v) is 28.0. The van der Waals surface area contributed by atoms with E-state index in [0.717, 1.165) is 29.7 Å². The van der Waals surface area contributed by atoms with Crippen LogP contribution in [-0.4, -0.2) is 92.2 Å². The quantitative estimate of drug-likeness (QED) is 0.165. The second-order valence-electron chi connectivity index (χ2n) is 12.5. The summed E-state index contributed by atoms with van der Waals surface area (Å²) in [7, 11) is 3.74. The molecule has 1 aliphatic heterocycles. The van der Waals surface area contributed by atoms with Crippen LogP contribution in [0.15, 0.2) is 91.5 Å². The first-order chi connectivity index (χ1) is 24.4. The molecule has 4 heterocycles. The third-order valence-electron chi connectivity index (χ3n) is 8.92. The standard InChI is InChI=1S/C37H39N9O4/c1-44(28-9-10-28)20-3-4-33(47)45-21-17-27(23-45)41-35-34-31(15-19-39-36(34)46(43-35)22-25-5-11-29(49-2)12-6-25)50-30-13-7-26(8-14-30)37(48)42-32-16-18-38-24-40-32/h3-8,11-16,18-19,24,27-28H,9-10,17,20-23H2,1-2H3,(H,41,43)(H,38,40,42,48)/b4-3+/t27-/m1/s1. The Bertz CT molecular complexity index is 1980. The van der Waals surface area contributed by atoms with Gasteiger partial charge in [-0.1, -0.05) is 18.2 Å². The lowest BCUT2D eigenvalue weighted by Crippen LogP contribution is -2.30. The summed E-state index contributed by atoms with van der Waals surface area (Å²) in [4.78, 5) is 42.5. The van der Waals surface area contributed by atoms with Crippen LogP contribution in [0.2, 0.25) is 0 Å². The minimum atomic E-state index is -0.294. The maximum atomic E-state index is 13.0. The molecule has 1 saturated heterocycles. The zero-order valence-electron chi connectivity index (χ0n) is 28.0. The fraction of sp³-hybridized carbons (Fsp3) is 0.297. The van der Waals surface area contributed by atoms with Crippen LogP contribution in [0.1, 0.15) is 35.2 Å². The Kier molecular flexibility index (Phi) is 9.65. The summed E-state index contributed by atoms with van der Waals surface area (Å²) in [5.41, 5.74) is 2.13. The van der Waals surface area contributed by atoms with Crippen LogP contribution >= 0.6 is 0 Å². The van der Waals surface area contributed by atoms with Gasteiger partial charge in [-0.2, -0.15) is 5.10 Å². The number of rotatable bonds is 13. The number of nitrogens with one attached hydrogen (secondary N) is 2. The van der Waals surface area contributed by atoms with E-state index in [0.29, 0.717) is 60.0 Å². The Labute approximate surface area is 289 Å². The van der Waals surface area contributed by atoms with Gasteiger partial charge in [0.05, 0.1) is 13.7 Å². The Balaban J connectivity index is 1.10. The van der Waals surface area contributed by atoms with Gasteiger partial charge in [0, 0.05) is 61.8 Å². The number of likely N-dealkylation sites (N-methyl/N-ethyl adjacent to an activating group) is 1. The Morgan fingerprint density at radius 3 is 2.52 bits per heavy atom. The summed E-state index contributed by atoms with van der Waals surface area (Å²) in [5, 5.41) is 12.1. The van der Waals surface area contributed by atoms with Gasteiger partial charge in [-0.3, -0.25) is 14.5 Å². The average molecular weight is 674 g/mol. The van der Waals surface area contributed by atoms with Crippen molar-refractivity contribution in [2.24, 2.45) is 0 Å². The number of hydrogen-bond donors (Lipinski definition) is 2. The first-order valence-electron chi connectivity index (χ1n) is 16.7. The Morgan fingerprint density at radius 1 is 0.980 bits per heavy atom. The number of ether oxygens (including phenoxy) is 2. The van der Waals surface area contributed by atoms with E-state index < -0.39 is 0 Å². The molecule has 256 valence electrons. The summed E-state index contributed by atoms with van der Waals surface area (Å²) >= 11 is 0. The molecule has 13 heteroatoms. The summed E-state index contributed by atoms with van der Waals surface area (Å²) in [6.07, 6.45) is 11.5. The maximum Gasteiger partial charge on any atom is 0.256 e. The van der Waals surface area contributed by atoms with Crippen molar-refractivity contribution in [2.45, 2.75) is 37.9 Å². The van der Waals surface area contributed by atoms with Crippen molar-refractivity contribution in [3.63, 3.8) is 0 Å². The molecule has 2 N–H and O–H groups in total. The molecule has 13 nitrogen and oxygen atoms in total. The number of carbonyl (C=O) groups is 2. The molecule has 0 radical (unpaired) electrons. The third kappa shape index (κ3) is 7.73. The van der Waals surface area contributed by atoms with E-state index >= 15 is 0 Å². The minimum absolute atomic E-state index is 0.00485. The molecule has 5 aromatic rings. The third-order valence-corrected chi connectivity index (χ3v) is 8.92. The molecule has 1 aliphatic carbocycles. The van der Waals surface area contributed by atoms with Crippen molar-refractivity contribution in [2.75, 3.05) is 44.4 Å². The lowest BCUT2D eigenvalue weighted by atomic mass is 10.2. The first-order valence-corrected chi connectivity index (χ1v) is 16.7. The number of carbonyl (C=O) groups excluding carboxylic acids is 2. The molecule has 2 aliphatic rings. The largest absolute Gasteiger partial charge is 0.497 e. The summed E-state index contributed by atoms with van der Waals surface area (Å²) in [6.45, 7) is 2.47. The van der Waals surface area contributed by atoms with E-state index in [1.54, 1.807) is 62.0 Å². The molecular formula is C37H39N9O4. The van der Waals surface area contributed by atoms with Crippen LogP contribution in [0.4, 0.5) is 11.6 Å². The molecule has 50 heavy (non-hydrogen) atoms. The lowest BCUT2D eigenvalue weighted by molar-refractivity contribution is -0.125. The zero-order chi connectivity index (χ0) is 34.5. The van der Waals surface area contributed by atoms with Crippen molar-refractivity contribution in [3.05, 3.63) is 103 Å². The van der Waals surface area contributed by atoms with Gasteiger partial charge in [0.25, 0.3) is 5.91 Å². The molecule has 2 amide bonds. The first kappa shape index (κ1) is 32.7. The van der Waals surface area contributed by atoms with Gasteiger partial charge in [0.2, 0.25) is 5.91 Å². The monoisotopic (exact) mass is 673 g/mol. The highest BCUT2D eigenvalue weighted by Gasteiger charge is 2.28. The van der Waals surface area contributed by atoms with Gasteiger partial charge in [0.15, 0.2) is 11.5 Å². The highest BCUT2D eigenvalue weighted by atomic mass is 16.5. The number of nitrogens with zero attached hydrogens (tertiary/aromatic N) is 7. The van der Waals surface area contributed by atoms with Crippen LogP contribution in [0.25, 0.3) is 11.0 Å². The molecule has 0 unspecified atom stereocenters. The van der Waals surface area contributed by atoms with E-state index in [-0.39, 0.29) is 17.9 Å². The molecule has 1 saturated carbocycles. The van der Waals surface area contributed by atoms with Gasteiger partial charge in [-0.05, 0) is 74.3 Å². The number of likely N-dealkylation sites (tertiary alicyclic amines) is 1. The highest BCUT2D eigenvalue weighted by Crippen LogP contribution is 2.35. The Morgan fingerprint density at radius 2 is 1.78 bits per heavy atom. The van der Waals surface area contributed by atoms with Crippen molar-refractivity contribution in [1.29, 1.82) is 0 Å². The van der Waals surface area contributed by atoms with Crippen LogP contribution in [0.5, 0.6) is 17.2 Å². The number of anilines is 2. The predicted octanol–water partition coefficient (Wildman–Crippen LogP) is 4.99. The minimum Gasteiger partial charge on any atom is -0.497 e. The highest BCUT2D eigenvalue weighted by molar-refractivity contribution is 6.03. The molecular weight excluding hydrogens is 634 g/mol. The topological polar surface area (TPSA) is 140 Å². The smallest absolute Gasteiger partial charge is 0.256 e. The lowest BCUT2D eigenvalue weighted by Gasteiger charge is -2.16. The predicted molar refractivity (Wildman–Crippen MR) is 190 cm³/mol. The molecule has 0 spiro atoms. The Hall–Kier alpha value is -5.82. The molecule has 7 rings (SSSR count). The number of fused-ring (bicyclic) bond motifs is 1. The number of benzene rings is 2. The van der Waals surface area contributed by atoms with E-state index in [4.69, 9.17) is 19.6 Å². The van der Waals surface area contributed by atoms with Gasteiger partial charge in [-0.25, -0.2) is 19.6 Å². The summed E-state index contributed by atoms with van der Waals surface area (Å²) in [6, 6.07) is 18.8. The van der Waals surface area contributed by atoms with Crippen molar-refractivity contribution in [3.8, 4) is 17.2 Å². The normalized spacial score (nSPS) is 15.9. The van der Waals surface area contributed by atoms with Gasteiger partial charge >= 0.3 is 0 Å². The van der Waals surface area contributed by atoms with E-state index in [1.165, 1.54) is 19.2 Å². The average Bonchev–Trinajstić information content (AvgIpc) is 3.80. The van der Waals surface area contributed by atoms with Gasteiger partial charge in [-0.15, -0.1) is 0 Å². The van der Waals surface area contributed by atoms with Crippen molar-refractivity contribution >= 4 is 34.5 Å². The maximum absolute atomic E-state index is 13.0. The molecule has 2 aromatic carbocycles. The second kappa shape index (κ2) is 14.7. The fourth-order valence-electron chi connectivity index (χ4n) is 5.99. The number of pyridine rings is 1. The van der Waals surface area contributed by atoms with Crippen LogP contribution in [0.3, 0.4) is 0 Å². The second-order valence-corrected chi connectivity index (χ2v) is 12.5. The molecule has 3 aromatic heterocycles. The number of hydrogen-bond acceptors (Lipinski definition) is 10. The molecule has 1 atom stereocenters. The van der Waals surface area contributed by atoms with Crippen LogP contribution < -0.4 is 20.1 Å². The SMILES string of the molecule is COc1ccc(Cn2nc(N[C@@H]3CCN(C(=O)/C=C/CN(C)C4CC4)C3)c3c(Oc4ccc(C(=O)Nc5ccncn5)cc4)ccnc32)cc1. The number of amides is 2. The van der Waals surface area contributed by atoms with Crippen molar-refractivity contribution in [1.82, 2.24) is 34.5 Å². The van der Waals surface area contributed by atoms with Crippen LogP contribution in [0, 0.1) is 0 Å². The van der Waals surface area contributed by atoms with Gasteiger partial charge in [0.1, 0.15) is 34.8 Å². The van der Waals surface area contributed by atoms with Gasteiger partial charge < -0.3 is 25.0 Å². The number of aromatic nitrogens is 5. The molecule has 0 bridgehead atoms. The fourth-order valence-corrected chi connectivity index (χ4v) is 5.99. The number of methoxy groups -OCH3 is 1. The van der Waals surface area contributed by atoms with E-state index in [1.807, 2.05) is 39.9 Å². The molecule has 2 fully saturated rings.